The van der Waals surface area contributed by atoms with E-state index < -0.39 is 10.0 Å². The van der Waals surface area contributed by atoms with E-state index in [1.165, 1.54) is 6.20 Å². The Kier molecular flexibility index (Phi) is 3.87. The second-order valence-corrected chi connectivity index (χ2v) is 7.80. The fraction of sp³-hybridized carbons (Fsp3) is 0.375. The fourth-order valence-corrected chi connectivity index (χ4v) is 4.49. The Morgan fingerprint density at radius 2 is 1.96 bits per heavy atom. The number of pyridine rings is 1. The molecular formula is C16H21N5O2S. The van der Waals surface area contributed by atoms with E-state index in [1.54, 1.807) is 24.7 Å². The minimum atomic E-state index is -3.75. The van der Waals surface area contributed by atoms with Gasteiger partial charge >= 0.3 is 0 Å². The topological polar surface area (TPSA) is 92.7 Å². The molecule has 0 saturated carbocycles. The van der Waals surface area contributed by atoms with Gasteiger partial charge in [-0.25, -0.2) is 13.4 Å². The van der Waals surface area contributed by atoms with Gasteiger partial charge in [-0.2, -0.15) is 5.10 Å². The lowest BCUT2D eigenvalue weighted by atomic mass is 10.2. The number of nitrogens with zero attached hydrogens (tertiary/aromatic N) is 3. The van der Waals surface area contributed by atoms with E-state index in [1.807, 2.05) is 26.8 Å². The number of anilines is 1. The third-order valence-corrected chi connectivity index (χ3v) is 5.73. The first kappa shape index (κ1) is 16.5. The summed E-state index contributed by atoms with van der Waals surface area (Å²) in [4.78, 5) is 7.50. The van der Waals surface area contributed by atoms with Crippen LogP contribution in [0.25, 0.3) is 11.0 Å². The number of hydrogen-bond acceptors (Lipinski definition) is 4. The van der Waals surface area contributed by atoms with Crippen LogP contribution in [0.4, 0.5) is 5.69 Å². The van der Waals surface area contributed by atoms with E-state index in [-0.39, 0.29) is 10.9 Å². The molecule has 2 N–H and O–H groups in total. The molecule has 0 aliphatic carbocycles. The lowest BCUT2D eigenvalue weighted by Crippen LogP contribution is -2.16. The molecule has 24 heavy (non-hydrogen) atoms. The summed E-state index contributed by atoms with van der Waals surface area (Å²) >= 11 is 0. The first-order chi connectivity index (χ1) is 11.2. The zero-order valence-electron chi connectivity index (χ0n) is 14.4. The lowest BCUT2D eigenvalue weighted by molar-refractivity contribution is 0.514. The SMILES string of the molecule is Cc1nn(C(C)C)c(C)c1S(=O)(=O)Nc1cnc2[nH]ccc2c1C. The van der Waals surface area contributed by atoms with Crippen molar-refractivity contribution < 1.29 is 8.42 Å². The third kappa shape index (κ3) is 2.56. The van der Waals surface area contributed by atoms with Crippen molar-refractivity contribution >= 4 is 26.7 Å². The van der Waals surface area contributed by atoms with Crippen molar-refractivity contribution in [3.63, 3.8) is 0 Å². The molecule has 3 rings (SSSR count). The van der Waals surface area contributed by atoms with Crippen LogP contribution in [-0.2, 0) is 10.0 Å². The van der Waals surface area contributed by atoms with Crippen molar-refractivity contribution in [3.05, 3.63) is 35.4 Å². The van der Waals surface area contributed by atoms with Gasteiger partial charge in [0.15, 0.2) is 0 Å². The molecule has 0 aromatic carbocycles. The fourth-order valence-electron chi connectivity index (χ4n) is 2.98. The van der Waals surface area contributed by atoms with Crippen molar-refractivity contribution in [3.8, 4) is 0 Å². The second-order valence-electron chi connectivity index (χ2n) is 6.18. The van der Waals surface area contributed by atoms with Crippen LogP contribution >= 0.6 is 0 Å². The van der Waals surface area contributed by atoms with E-state index in [2.05, 4.69) is 19.8 Å². The summed E-state index contributed by atoms with van der Waals surface area (Å²) in [5.74, 6) is 0. The molecule has 0 spiro atoms. The van der Waals surface area contributed by atoms with Gasteiger partial charge in [-0.15, -0.1) is 0 Å². The Bertz CT molecular complexity index is 1010. The maximum absolute atomic E-state index is 12.9. The molecule has 3 aromatic heterocycles. The standard InChI is InChI=1S/C16H21N5O2S/c1-9(2)21-12(5)15(11(4)19-21)24(22,23)20-14-8-18-16-13(10(14)3)6-7-17-16/h6-9,20H,1-5H3,(H,17,18). The first-order valence-corrected chi connectivity index (χ1v) is 9.22. The van der Waals surface area contributed by atoms with E-state index >= 15 is 0 Å². The molecule has 0 aliphatic heterocycles. The number of nitrogens with one attached hydrogen (secondary N) is 2. The molecule has 7 nitrogen and oxygen atoms in total. The van der Waals surface area contributed by atoms with Gasteiger partial charge in [-0.05, 0) is 46.2 Å². The maximum atomic E-state index is 12.9. The van der Waals surface area contributed by atoms with E-state index in [0.717, 1.165) is 16.6 Å². The van der Waals surface area contributed by atoms with Crippen LogP contribution in [0.15, 0.2) is 23.4 Å². The second kappa shape index (κ2) is 5.62. The predicted octanol–water partition coefficient (Wildman–Crippen LogP) is 3.07. The summed E-state index contributed by atoms with van der Waals surface area (Å²) < 4.78 is 30.2. The number of aromatic amines is 1. The van der Waals surface area contributed by atoms with Gasteiger partial charge in [0.25, 0.3) is 10.0 Å². The minimum Gasteiger partial charge on any atom is -0.346 e. The summed E-state index contributed by atoms with van der Waals surface area (Å²) in [6.07, 6.45) is 3.31. The number of fused-ring (bicyclic) bond motifs is 1. The van der Waals surface area contributed by atoms with Crippen molar-refractivity contribution in [2.24, 2.45) is 0 Å². The summed E-state index contributed by atoms with van der Waals surface area (Å²) in [5, 5.41) is 5.25. The first-order valence-electron chi connectivity index (χ1n) is 7.73. The van der Waals surface area contributed by atoms with Crippen molar-refractivity contribution in [2.75, 3.05) is 4.72 Å². The monoisotopic (exact) mass is 347 g/mol. The van der Waals surface area contributed by atoms with Crippen LogP contribution < -0.4 is 4.72 Å². The van der Waals surface area contributed by atoms with Crippen LogP contribution in [0.2, 0.25) is 0 Å². The van der Waals surface area contributed by atoms with Crippen LogP contribution in [0.1, 0.15) is 36.8 Å². The minimum absolute atomic E-state index is 0.0901. The normalized spacial score (nSPS) is 12.2. The van der Waals surface area contributed by atoms with E-state index in [9.17, 15) is 8.42 Å². The molecule has 3 heterocycles. The zero-order chi connectivity index (χ0) is 17.6. The third-order valence-electron chi connectivity index (χ3n) is 4.12. The van der Waals surface area contributed by atoms with E-state index in [0.29, 0.717) is 17.1 Å². The van der Waals surface area contributed by atoms with Crippen LogP contribution in [0, 0.1) is 20.8 Å². The largest absolute Gasteiger partial charge is 0.346 e. The molecular weight excluding hydrogens is 326 g/mol. The molecule has 0 atom stereocenters. The van der Waals surface area contributed by atoms with Gasteiger partial charge < -0.3 is 4.98 Å². The molecule has 0 amide bonds. The Hall–Kier alpha value is -2.35. The summed E-state index contributed by atoms with van der Waals surface area (Å²) in [6, 6.07) is 1.97. The summed E-state index contributed by atoms with van der Waals surface area (Å²) in [7, 11) is -3.75. The highest BCUT2D eigenvalue weighted by molar-refractivity contribution is 7.92. The Morgan fingerprint density at radius 3 is 2.58 bits per heavy atom. The van der Waals surface area contributed by atoms with Gasteiger partial charge in [0, 0.05) is 17.6 Å². The van der Waals surface area contributed by atoms with Crippen LogP contribution in [-0.4, -0.2) is 28.2 Å². The van der Waals surface area contributed by atoms with Crippen molar-refractivity contribution in [1.29, 1.82) is 0 Å². The smallest absolute Gasteiger partial charge is 0.265 e. The van der Waals surface area contributed by atoms with Crippen LogP contribution in [0.3, 0.4) is 0 Å². The molecule has 128 valence electrons. The summed E-state index contributed by atoms with van der Waals surface area (Å²) in [6.45, 7) is 9.29. The highest BCUT2D eigenvalue weighted by atomic mass is 32.2. The molecule has 0 radical (unpaired) electrons. The molecule has 0 saturated heterocycles. The molecule has 0 fully saturated rings. The highest BCUT2D eigenvalue weighted by Gasteiger charge is 2.26. The average molecular weight is 347 g/mol. The molecule has 0 aliphatic rings. The quantitative estimate of drug-likeness (QED) is 0.758. The van der Waals surface area contributed by atoms with Crippen LogP contribution in [0.5, 0.6) is 0 Å². The highest BCUT2D eigenvalue weighted by Crippen LogP contribution is 2.28. The van der Waals surface area contributed by atoms with E-state index in [4.69, 9.17) is 0 Å². The number of rotatable bonds is 4. The van der Waals surface area contributed by atoms with Gasteiger partial charge in [0.05, 0.1) is 23.3 Å². The average Bonchev–Trinajstić information content (AvgIpc) is 3.07. The van der Waals surface area contributed by atoms with Gasteiger partial charge in [-0.1, -0.05) is 0 Å². The lowest BCUT2D eigenvalue weighted by Gasteiger charge is -2.12. The van der Waals surface area contributed by atoms with Gasteiger partial charge in [-0.3, -0.25) is 9.40 Å². The number of aromatic nitrogens is 4. The van der Waals surface area contributed by atoms with Crippen molar-refractivity contribution in [2.45, 2.75) is 45.6 Å². The van der Waals surface area contributed by atoms with Gasteiger partial charge in [0.1, 0.15) is 10.5 Å². The van der Waals surface area contributed by atoms with Gasteiger partial charge in [0.2, 0.25) is 0 Å². The molecule has 0 unspecified atom stereocenters. The predicted molar refractivity (Wildman–Crippen MR) is 93.7 cm³/mol. The molecule has 0 bridgehead atoms. The Balaban J connectivity index is 2.07. The molecule has 3 aromatic rings. The maximum Gasteiger partial charge on any atom is 0.265 e. The zero-order valence-corrected chi connectivity index (χ0v) is 15.2. The Labute approximate surface area is 141 Å². The number of H-pyrrole nitrogens is 1. The number of sulfonamides is 1. The number of aryl methyl sites for hydroxylation is 2. The Morgan fingerprint density at radius 1 is 1.25 bits per heavy atom. The molecule has 8 heteroatoms. The van der Waals surface area contributed by atoms with Crippen molar-refractivity contribution in [1.82, 2.24) is 19.7 Å². The summed E-state index contributed by atoms with van der Waals surface area (Å²) in [5.41, 5.74) is 3.15. The number of hydrogen-bond donors (Lipinski definition) is 2.